The minimum atomic E-state index is -0.717. The van der Waals surface area contributed by atoms with Gasteiger partial charge in [0, 0.05) is 23.4 Å². The largest absolute Gasteiger partial charge is 0.481 e. The van der Waals surface area contributed by atoms with Crippen molar-refractivity contribution in [3.8, 4) is 0 Å². The average molecular weight is 295 g/mol. The smallest absolute Gasteiger partial charge is 0.303 e. The predicted molar refractivity (Wildman–Crippen MR) is 85.3 cm³/mol. The van der Waals surface area contributed by atoms with Crippen LogP contribution in [0.25, 0.3) is 0 Å². The summed E-state index contributed by atoms with van der Waals surface area (Å²) in [5.74, 6) is -0.717. The van der Waals surface area contributed by atoms with E-state index in [9.17, 15) is 4.79 Å². The molecule has 0 aliphatic rings. The first-order valence-electron chi connectivity index (χ1n) is 7.07. The van der Waals surface area contributed by atoms with Crippen molar-refractivity contribution in [2.24, 2.45) is 0 Å². The Bertz CT molecular complexity index is 417. The topological polar surface area (TPSA) is 40.5 Å². The van der Waals surface area contributed by atoms with Crippen LogP contribution in [0.3, 0.4) is 0 Å². The number of nitrogens with zero attached hydrogens (tertiary/aromatic N) is 1. The van der Waals surface area contributed by atoms with E-state index in [1.54, 1.807) is 11.8 Å². The molecule has 1 aromatic rings. The van der Waals surface area contributed by atoms with Crippen LogP contribution in [-0.2, 0) is 4.79 Å². The van der Waals surface area contributed by atoms with Gasteiger partial charge >= 0.3 is 5.97 Å². The second kappa shape index (κ2) is 8.32. The molecular formula is C16H25NO2S. The second-order valence-electron chi connectivity index (χ2n) is 5.28. The number of aliphatic carboxylic acids is 1. The minimum absolute atomic E-state index is 0.237. The maximum absolute atomic E-state index is 10.6. The van der Waals surface area contributed by atoms with Crippen LogP contribution in [0.5, 0.6) is 0 Å². The number of hydrogen-bond acceptors (Lipinski definition) is 3. The van der Waals surface area contributed by atoms with E-state index in [4.69, 9.17) is 5.11 Å². The summed E-state index contributed by atoms with van der Waals surface area (Å²) >= 11 is 1.74. The van der Waals surface area contributed by atoms with Crippen LogP contribution in [0.4, 0.5) is 0 Å². The Morgan fingerprint density at radius 2 is 1.85 bits per heavy atom. The standard InChI is InChI=1S/C16H25NO2S/c1-12(2)17(11-5-6-16(18)19)13(3)14-7-9-15(20-4)10-8-14/h7-10,12-13H,5-6,11H2,1-4H3,(H,18,19). The van der Waals surface area contributed by atoms with Gasteiger partial charge in [-0.2, -0.15) is 0 Å². The number of rotatable bonds is 8. The lowest BCUT2D eigenvalue weighted by Gasteiger charge is -2.33. The van der Waals surface area contributed by atoms with Gasteiger partial charge in [0.15, 0.2) is 0 Å². The third kappa shape index (κ3) is 5.17. The van der Waals surface area contributed by atoms with Gasteiger partial charge < -0.3 is 5.11 Å². The van der Waals surface area contributed by atoms with E-state index in [0.29, 0.717) is 18.5 Å². The zero-order valence-electron chi connectivity index (χ0n) is 12.8. The van der Waals surface area contributed by atoms with Crippen molar-refractivity contribution in [1.29, 1.82) is 0 Å². The van der Waals surface area contributed by atoms with Crippen LogP contribution in [0.15, 0.2) is 29.2 Å². The summed E-state index contributed by atoms with van der Waals surface area (Å²) in [6, 6.07) is 9.34. The fraction of sp³-hybridized carbons (Fsp3) is 0.562. The Hall–Kier alpha value is -1.00. The Kier molecular flexibility index (Phi) is 7.10. The summed E-state index contributed by atoms with van der Waals surface area (Å²) in [6.07, 6.45) is 3.01. The maximum Gasteiger partial charge on any atom is 0.303 e. The Morgan fingerprint density at radius 1 is 1.25 bits per heavy atom. The first kappa shape index (κ1) is 17.1. The zero-order chi connectivity index (χ0) is 15.1. The molecule has 0 amide bonds. The molecule has 0 aliphatic heterocycles. The van der Waals surface area contributed by atoms with Gasteiger partial charge in [0.1, 0.15) is 0 Å². The highest BCUT2D eigenvalue weighted by Crippen LogP contribution is 2.25. The first-order chi connectivity index (χ1) is 9.45. The Labute approximate surface area is 126 Å². The number of carbonyl (C=O) groups is 1. The fourth-order valence-corrected chi connectivity index (χ4v) is 2.79. The Morgan fingerprint density at radius 3 is 2.30 bits per heavy atom. The molecule has 4 heteroatoms. The van der Waals surface area contributed by atoms with Crippen molar-refractivity contribution in [2.75, 3.05) is 12.8 Å². The average Bonchev–Trinajstić information content (AvgIpc) is 2.42. The van der Waals surface area contributed by atoms with Gasteiger partial charge in [0.25, 0.3) is 0 Å². The number of thioether (sulfide) groups is 1. The van der Waals surface area contributed by atoms with E-state index < -0.39 is 5.97 Å². The molecule has 0 heterocycles. The van der Waals surface area contributed by atoms with Crippen molar-refractivity contribution >= 4 is 17.7 Å². The van der Waals surface area contributed by atoms with Crippen LogP contribution in [0.1, 0.15) is 45.2 Å². The Balaban J connectivity index is 2.71. The fourth-order valence-electron chi connectivity index (χ4n) is 2.39. The SMILES string of the molecule is CSc1ccc(C(C)N(CCCC(=O)O)C(C)C)cc1. The first-order valence-corrected chi connectivity index (χ1v) is 8.29. The highest BCUT2D eigenvalue weighted by Gasteiger charge is 2.18. The molecule has 0 saturated heterocycles. The van der Waals surface area contributed by atoms with E-state index in [0.717, 1.165) is 6.54 Å². The van der Waals surface area contributed by atoms with Crippen LogP contribution in [0.2, 0.25) is 0 Å². The van der Waals surface area contributed by atoms with Gasteiger partial charge in [-0.05, 0) is 57.7 Å². The lowest BCUT2D eigenvalue weighted by Crippen LogP contribution is -2.34. The van der Waals surface area contributed by atoms with E-state index in [1.807, 2.05) is 0 Å². The zero-order valence-corrected chi connectivity index (χ0v) is 13.6. The molecule has 3 nitrogen and oxygen atoms in total. The maximum atomic E-state index is 10.6. The lowest BCUT2D eigenvalue weighted by atomic mass is 10.0. The van der Waals surface area contributed by atoms with Crippen LogP contribution >= 0.6 is 11.8 Å². The third-order valence-electron chi connectivity index (χ3n) is 3.57. The molecule has 1 N–H and O–H groups in total. The lowest BCUT2D eigenvalue weighted by molar-refractivity contribution is -0.137. The summed E-state index contributed by atoms with van der Waals surface area (Å²) in [5.41, 5.74) is 1.28. The normalized spacial score (nSPS) is 12.9. The van der Waals surface area contributed by atoms with E-state index in [-0.39, 0.29) is 6.42 Å². The summed E-state index contributed by atoms with van der Waals surface area (Å²) in [4.78, 5) is 14.3. The van der Waals surface area contributed by atoms with Gasteiger partial charge in [-0.3, -0.25) is 9.69 Å². The van der Waals surface area contributed by atoms with Crippen molar-refractivity contribution < 1.29 is 9.90 Å². The van der Waals surface area contributed by atoms with Crippen LogP contribution in [0, 0.1) is 0 Å². The molecule has 0 aromatic heterocycles. The molecule has 1 rings (SSSR count). The van der Waals surface area contributed by atoms with Crippen molar-refractivity contribution in [1.82, 2.24) is 4.90 Å². The highest BCUT2D eigenvalue weighted by atomic mass is 32.2. The van der Waals surface area contributed by atoms with Crippen molar-refractivity contribution in [3.05, 3.63) is 29.8 Å². The van der Waals surface area contributed by atoms with Gasteiger partial charge in [-0.1, -0.05) is 12.1 Å². The van der Waals surface area contributed by atoms with Gasteiger partial charge in [0.05, 0.1) is 0 Å². The molecule has 1 atom stereocenters. The van der Waals surface area contributed by atoms with E-state index in [1.165, 1.54) is 10.5 Å². The molecule has 112 valence electrons. The number of hydrogen-bond donors (Lipinski definition) is 1. The van der Waals surface area contributed by atoms with E-state index >= 15 is 0 Å². The molecule has 0 bridgehead atoms. The van der Waals surface area contributed by atoms with Crippen molar-refractivity contribution in [3.63, 3.8) is 0 Å². The number of carboxylic acid groups (broad SMARTS) is 1. The molecule has 0 radical (unpaired) electrons. The van der Waals surface area contributed by atoms with Crippen molar-refractivity contribution in [2.45, 2.75) is 50.6 Å². The quantitative estimate of drug-likeness (QED) is 0.735. The molecule has 0 fully saturated rings. The number of carboxylic acids is 1. The predicted octanol–water partition coefficient (Wildman–Crippen LogP) is 4.04. The van der Waals surface area contributed by atoms with Crippen LogP contribution in [-0.4, -0.2) is 34.8 Å². The molecule has 0 aliphatic carbocycles. The molecule has 0 saturated carbocycles. The third-order valence-corrected chi connectivity index (χ3v) is 4.31. The van der Waals surface area contributed by atoms with Gasteiger partial charge in [-0.15, -0.1) is 11.8 Å². The minimum Gasteiger partial charge on any atom is -0.481 e. The van der Waals surface area contributed by atoms with Gasteiger partial charge in [-0.25, -0.2) is 0 Å². The van der Waals surface area contributed by atoms with E-state index in [2.05, 4.69) is 56.2 Å². The van der Waals surface area contributed by atoms with Crippen LogP contribution < -0.4 is 0 Å². The molecule has 20 heavy (non-hydrogen) atoms. The molecular weight excluding hydrogens is 270 g/mol. The summed E-state index contributed by atoms with van der Waals surface area (Å²) < 4.78 is 0. The number of benzene rings is 1. The second-order valence-corrected chi connectivity index (χ2v) is 6.16. The summed E-state index contributed by atoms with van der Waals surface area (Å²) in [6.45, 7) is 7.32. The summed E-state index contributed by atoms with van der Waals surface area (Å²) in [5, 5.41) is 8.76. The molecule has 1 unspecified atom stereocenters. The summed E-state index contributed by atoms with van der Waals surface area (Å²) in [7, 11) is 0. The molecule has 1 aromatic carbocycles. The molecule has 0 spiro atoms. The highest BCUT2D eigenvalue weighted by molar-refractivity contribution is 7.98. The van der Waals surface area contributed by atoms with Gasteiger partial charge in [0.2, 0.25) is 0 Å². The monoisotopic (exact) mass is 295 g/mol.